The van der Waals surface area contributed by atoms with Crippen molar-refractivity contribution in [1.82, 2.24) is 0 Å². The van der Waals surface area contributed by atoms with Gasteiger partial charge in [0.05, 0.1) is 12.7 Å². The number of rotatable bonds is 2. The Bertz CT molecular complexity index is 707. The molecule has 2 aliphatic heterocycles. The second-order valence-electron chi connectivity index (χ2n) is 5.27. The van der Waals surface area contributed by atoms with Crippen LogP contribution >= 0.6 is 0 Å². The van der Waals surface area contributed by atoms with Crippen LogP contribution in [0.1, 0.15) is 22.0 Å². The Hall–Kier alpha value is -2.33. The van der Waals surface area contributed by atoms with Crippen molar-refractivity contribution in [2.45, 2.75) is 11.7 Å². The fraction of sp³-hybridized carbons (Fsp3) is 0.235. The van der Waals surface area contributed by atoms with Crippen molar-refractivity contribution in [3.05, 3.63) is 59.7 Å². The second kappa shape index (κ2) is 4.33. The van der Waals surface area contributed by atoms with Gasteiger partial charge in [0, 0.05) is 0 Å². The molecule has 4 heteroatoms. The first-order chi connectivity index (χ1) is 10.2. The van der Waals surface area contributed by atoms with Gasteiger partial charge in [-0.25, -0.2) is 0 Å². The zero-order chi connectivity index (χ0) is 14.4. The van der Waals surface area contributed by atoms with Gasteiger partial charge in [-0.2, -0.15) is 0 Å². The zero-order valence-electron chi connectivity index (χ0n) is 11.5. The van der Waals surface area contributed by atoms with Gasteiger partial charge >= 0.3 is 0 Å². The summed E-state index contributed by atoms with van der Waals surface area (Å²) in [4.78, 5) is 12.7. The monoisotopic (exact) mass is 282 g/mol. The van der Waals surface area contributed by atoms with E-state index in [1.54, 1.807) is 13.2 Å². The Morgan fingerprint density at radius 3 is 2.67 bits per heavy atom. The number of carbonyl (C=O) groups excluding carboxylic acids is 1. The molecule has 21 heavy (non-hydrogen) atoms. The average molecular weight is 282 g/mol. The minimum Gasteiger partial charge on any atom is -0.497 e. The highest BCUT2D eigenvalue weighted by molar-refractivity contribution is 6.07. The van der Waals surface area contributed by atoms with Crippen molar-refractivity contribution in [3.63, 3.8) is 0 Å². The van der Waals surface area contributed by atoms with E-state index in [0.29, 0.717) is 11.3 Å². The lowest BCUT2D eigenvalue weighted by Gasteiger charge is -2.21. The standard InChI is InChI=1S/C17H14O4/c1-19-12-8-6-11(7-9-12)16-17(21-16)10-20-14-5-3-2-4-13(14)15(17)18/h2-9,16H,10H2,1H3/t16-,17-/m0/s1. The van der Waals surface area contributed by atoms with Gasteiger partial charge in [-0.3, -0.25) is 4.79 Å². The van der Waals surface area contributed by atoms with Crippen LogP contribution in [-0.2, 0) is 4.74 Å². The van der Waals surface area contributed by atoms with Crippen LogP contribution in [0.15, 0.2) is 48.5 Å². The van der Waals surface area contributed by atoms with Crippen LogP contribution in [0.2, 0.25) is 0 Å². The number of epoxide rings is 1. The molecule has 1 spiro atoms. The molecule has 0 unspecified atom stereocenters. The van der Waals surface area contributed by atoms with Crippen LogP contribution in [0, 0.1) is 0 Å². The number of ether oxygens (including phenoxy) is 3. The van der Waals surface area contributed by atoms with Crippen LogP contribution in [0.25, 0.3) is 0 Å². The Balaban J connectivity index is 1.64. The molecule has 0 radical (unpaired) electrons. The molecule has 0 saturated carbocycles. The van der Waals surface area contributed by atoms with Crippen molar-refractivity contribution in [1.29, 1.82) is 0 Å². The van der Waals surface area contributed by atoms with Gasteiger partial charge in [0.25, 0.3) is 0 Å². The first-order valence-electron chi connectivity index (χ1n) is 6.83. The van der Waals surface area contributed by atoms with Crippen LogP contribution < -0.4 is 9.47 Å². The molecule has 0 bridgehead atoms. The molecular weight excluding hydrogens is 268 g/mol. The van der Waals surface area contributed by atoms with E-state index in [4.69, 9.17) is 14.2 Å². The van der Waals surface area contributed by atoms with Gasteiger partial charge < -0.3 is 14.2 Å². The first kappa shape index (κ1) is 12.4. The molecule has 0 aromatic heterocycles. The van der Waals surface area contributed by atoms with Crippen molar-refractivity contribution in [2.24, 2.45) is 0 Å². The highest BCUT2D eigenvalue weighted by atomic mass is 16.6. The molecule has 2 aromatic carbocycles. The molecule has 4 rings (SSSR count). The van der Waals surface area contributed by atoms with E-state index >= 15 is 0 Å². The third-order valence-corrected chi connectivity index (χ3v) is 4.07. The normalized spacial score (nSPS) is 26.1. The molecule has 2 aromatic rings. The van der Waals surface area contributed by atoms with Gasteiger partial charge in [0.15, 0.2) is 5.60 Å². The first-order valence-corrected chi connectivity index (χ1v) is 6.83. The predicted molar refractivity (Wildman–Crippen MR) is 75.8 cm³/mol. The van der Waals surface area contributed by atoms with E-state index in [1.165, 1.54) is 0 Å². The van der Waals surface area contributed by atoms with E-state index < -0.39 is 5.60 Å². The van der Waals surface area contributed by atoms with E-state index in [9.17, 15) is 4.79 Å². The van der Waals surface area contributed by atoms with Crippen LogP contribution in [0.4, 0.5) is 0 Å². The SMILES string of the molecule is COc1ccc([C@@H]2O[C@]23COc2ccccc2C3=O)cc1. The van der Waals surface area contributed by atoms with Crippen molar-refractivity contribution < 1.29 is 19.0 Å². The zero-order valence-corrected chi connectivity index (χ0v) is 11.5. The fourth-order valence-electron chi connectivity index (χ4n) is 2.83. The van der Waals surface area contributed by atoms with Crippen LogP contribution in [0.3, 0.4) is 0 Å². The summed E-state index contributed by atoms with van der Waals surface area (Å²) in [6.45, 7) is 0.263. The third-order valence-electron chi connectivity index (χ3n) is 4.07. The Morgan fingerprint density at radius 2 is 1.90 bits per heavy atom. The van der Waals surface area contributed by atoms with Crippen LogP contribution in [0.5, 0.6) is 11.5 Å². The van der Waals surface area contributed by atoms with E-state index in [0.717, 1.165) is 11.3 Å². The summed E-state index contributed by atoms with van der Waals surface area (Å²) in [7, 11) is 1.62. The Kier molecular flexibility index (Phi) is 2.56. The van der Waals surface area contributed by atoms with Gasteiger partial charge in [0.2, 0.25) is 5.78 Å². The molecule has 2 heterocycles. The molecule has 0 N–H and O–H groups in total. The van der Waals surface area contributed by atoms with Crippen molar-refractivity contribution >= 4 is 5.78 Å². The molecular formula is C17H14O4. The summed E-state index contributed by atoms with van der Waals surface area (Å²) in [5.41, 5.74) is 0.704. The van der Waals surface area contributed by atoms with Crippen molar-refractivity contribution in [2.75, 3.05) is 13.7 Å². The molecule has 0 aliphatic carbocycles. The summed E-state index contributed by atoms with van der Waals surface area (Å²) in [6.07, 6.45) is -0.246. The fourth-order valence-corrected chi connectivity index (χ4v) is 2.83. The predicted octanol–water partition coefficient (Wildman–Crippen LogP) is 2.78. The number of hydrogen-bond donors (Lipinski definition) is 0. The summed E-state index contributed by atoms with van der Waals surface area (Å²) in [6, 6.07) is 14.9. The molecule has 1 saturated heterocycles. The number of Topliss-reactive ketones (excluding diaryl/α,β-unsaturated/α-hetero) is 1. The lowest BCUT2D eigenvalue weighted by atomic mass is 9.89. The minimum atomic E-state index is -0.858. The molecule has 106 valence electrons. The maximum atomic E-state index is 12.7. The number of benzene rings is 2. The maximum absolute atomic E-state index is 12.7. The molecule has 0 amide bonds. The summed E-state index contributed by atoms with van der Waals surface area (Å²) in [5.74, 6) is 1.42. The average Bonchev–Trinajstić information content (AvgIpc) is 3.27. The third kappa shape index (κ3) is 1.76. The number of ketones is 1. The van der Waals surface area contributed by atoms with E-state index in [1.807, 2.05) is 42.5 Å². The highest BCUT2D eigenvalue weighted by Crippen LogP contribution is 2.54. The van der Waals surface area contributed by atoms with Gasteiger partial charge in [-0.15, -0.1) is 0 Å². The largest absolute Gasteiger partial charge is 0.497 e. The molecule has 2 atom stereocenters. The summed E-state index contributed by atoms with van der Waals surface area (Å²) >= 11 is 0. The number of carbonyl (C=O) groups is 1. The number of methoxy groups -OCH3 is 1. The molecule has 2 aliphatic rings. The maximum Gasteiger partial charge on any atom is 0.205 e. The topological polar surface area (TPSA) is 48.1 Å². The second-order valence-corrected chi connectivity index (χ2v) is 5.27. The van der Waals surface area contributed by atoms with E-state index in [-0.39, 0.29) is 18.5 Å². The Morgan fingerprint density at radius 1 is 1.14 bits per heavy atom. The quantitative estimate of drug-likeness (QED) is 0.795. The molecule has 1 fully saturated rings. The van der Waals surface area contributed by atoms with Crippen molar-refractivity contribution in [3.8, 4) is 11.5 Å². The van der Waals surface area contributed by atoms with Gasteiger partial charge in [0.1, 0.15) is 24.2 Å². The Labute approximate surface area is 122 Å². The summed E-state index contributed by atoms with van der Waals surface area (Å²) in [5, 5.41) is 0. The lowest BCUT2D eigenvalue weighted by Crippen LogP contribution is -2.37. The number of para-hydroxylation sites is 1. The smallest absolute Gasteiger partial charge is 0.205 e. The van der Waals surface area contributed by atoms with Gasteiger partial charge in [-0.1, -0.05) is 24.3 Å². The summed E-state index contributed by atoms with van der Waals surface area (Å²) < 4.78 is 16.6. The number of fused-ring (bicyclic) bond motifs is 1. The lowest BCUT2D eigenvalue weighted by molar-refractivity contribution is 0.0755. The van der Waals surface area contributed by atoms with Gasteiger partial charge in [-0.05, 0) is 29.8 Å². The van der Waals surface area contributed by atoms with E-state index in [2.05, 4.69) is 0 Å². The number of hydrogen-bond acceptors (Lipinski definition) is 4. The van der Waals surface area contributed by atoms with Crippen LogP contribution in [-0.4, -0.2) is 25.1 Å². The molecule has 4 nitrogen and oxygen atoms in total. The highest BCUT2D eigenvalue weighted by Gasteiger charge is 2.65. The minimum absolute atomic E-state index is 0.00479.